The largest absolute Gasteiger partial charge is 0.354 e. The van der Waals surface area contributed by atoms with Crippen molar-refractivity contribution in [3.05, 3.63) is 58.2 Å². The van der Waals surface area contributed by atoms with Crippen molar-refractivity contribution >= 4 is 37.5 Å². The second-order valence-corrected chi connectivity index (χ2v) is 10.2. The Hall–Kier alpha value is -1.97. The molecule has 0 saturated carbocycles. The van der Waals surface area contributed by atoms with Crippen molar-refractivity contribution in [1.82, 2.24) is 15.2 Å². The van der Waals surface area contributed by atoms with Gasteiger partial charge in [-0.15, -0.1) is 0 Å². The summed E-state index contributed by atoms with van der Waals surface area (Å²) in [6.07, 6.45) is 1.74. The van der Waals surface area contributed by atoms with E-state index in [0.29, 0.717) is 5.56 Å². The monoisotopic (exact) mass is 480 g/mol. The molecule has 1 amide bonds. The van der Waals surface area contributed by atoms with Crippen LogP contribution in [0.2, 0.25) is 0 Å². The number of amides is 1. The van der Waals surface area contributed by atoms with Gasteiger partial charge in [0.1, 0.15) is 11.6 Å². The van der Waals surface area contributed by atoms with Crippen LogP contribution < -0.4 is 10.2 Å². The lowest BCUT2D eigenvalue weighted by Crippen LogP contribution is -2.45. The number of hydrogen-bond acceptors (Lipinski definition) is 6. The first-order valence-corrected chi connectivity index (χ1v) is 12.0. The van der Waals surface area contributed by atoms with Crippen LogP contribution in [0.4, 0.5) is 5.82 Å². The van der Waals surface area contributed by atoms with Crippen molar-refractivity contribution in [2.75, 3.05) is 43.9 Å². The van der Waals surface area contributed by atoms with Crippen molar-refractivity contribution in [2.45, 2.75) is 12.3 Å². The molecular weight excluding hydrogens is 456 g/mol. The molecule has 0 spiro atoms. The summed E-state index contributed by atoms with van der Waals surface area (Å²) in [6.45, 7) is 3.90. The van der Waals surface area contributed by atoms with E-state index in [1.807, 2.05) is 18.2 Å². The van der Waals surface area contributed by atoms with Crippen LogP contribution in [-0.4, -0.2) is 63.2 Å². The van der Waals surface area contributed by atoms with Crippen molar-refractivity contribution in [1.29, 1.82) is 0 Å². The van der Waals surface area contributed by atoms with E-state index in [2.05, 4.69) is 43.1 Å². The Balaban J connectivity index is 1.58. The van der Waals surface area contributed by atoms with Crippen LogP contribution in [0.25, 0.3) is 0 Å². The number of anilines is 1. The van der Waals surface area contributed by atoms with Crippen molar-refractivity contribution in [3.8, 4) is 0 Å². The normalized spacial score (nSPS) is 15.3. The molecule has 0 bridgehead atoms. The molecule has 9 heteroatoms. The molecular formula is C20H25BrN4O3S. The van der Waals surface area contributed by atoms with Crippen LogP contribution in [0.3, 0.4) is 0 Å². The van der Waals surface area contributed by atoms with Crippen LogP contribution in [0.5, 0.6) is 0 Å². The van der Waals surface area contributed by atoms with Crippen LogP contribution in [0, 0.1) is 0 Å². The summed E-state index contributed by atoms with van der Waals surface area (Å²) in [6, 6.07) is 10.8. The minimum absolute atomic E-state index is 0.167. The van der Waals surface area contributed by atoms with E-state index in [9.17, 15) is 13.2 Å². The van der Waals surface area contributed by atoms with E-state index >= 15 is 0 Å². The summed E-state index contributed by atoms with van der Waals surface area (Å²) >= 11 is 3.33. The molecule has 0 radical (unpaired) electrons. The summed E-state index contributed by atoms with van der Waals surface area (Å²) in [4.78, 5) is 21.2. The molecule has 7 nitrogen and oxygen atoms in total. The summed E-state index contributed by atoms with van der Waals surface area (Å²) in [5, 5.41) is 2.74. The lowest BCUT2D eigenvalue weighted by Gasteiger charge is -2.34. The number of aromatic nitrogens is 1. The van der Waals surface area contributed by atoms with E-state index in [4.69, 9.17) is 0 Å². The summed E-state index contributed by atoms with van der Waals surface area (Å²) < 4.78 is 25.6. The highest BCUT2D eigenvalue weighted by molar-refractivity contribution is 9.10. The zero-order valence-corrected chi connectivity index (χ0v) is 18.7. The number of carbonyl (C=O) groups is 1. The Labute approximate surface area is 180 Å². The first-order valence-electron chi connectivity index (χ1n) is 9.41. The van der Waals surface area contributed by atoms with Gasteiger partial charge < -0.3 is 15.1 Å². The molecule has 0 atom stereocenters. The lowest BCUT2D eigenvalue weighted by molar-refractivity contribution is -0.118. The number of benzene rings is 1. The number of carbonyl (C=O) groups excluding carboxylic acids is 1. The third-order valence-electron chi connectivity index (χ3n) is 4.77. The second-order valence-electron chi connectivity index (χ2n) is 7.22. The topological polar surface area (TPSA) is 82.6 Å². The molecule has 1 aliphatic rings. The molecule has 1 aromatic carbocycles. The van der Waals surface area contributed by atoms with Gasteiger partial charge in [-0.3, -0.25) is 4.79 Å². The SMILES string of the molecule is CN1CCN(c2ncccc2CNC(=O)CS(=O)(=O)Cc2cccc(Br)c2)CC1. The predicted octanol–water partition coefficient (Wildman–Crippen LogP) is 1.83. The highest BCUT2D eigenvalue weighted by Gasteiger charge is 2.20. The number of sulfone groups is 1. The Morgan fingerprint density at radius 2 is 1.93 bits per heavy atom. The van der Waals surface area contributed by atoms with Gasteiger partial charge in [0.05, 0.1) is 5.75 Å². The van der Waals surface area contributed by atoms with Crippen molar-refractivity contribution < 1.29 is 13.2 Å². The predicted molar refractivity (Wildman–Crippen MR) is 117 cm³/mol. The number of nitrogens with zero attached hydrogens (tertiary/aromatic N) is 3. The number of likely N-dealkylation sites (N-methyl/N-ethyl adjacent to an activating group) is 1. The average molecular weight is 481 g/mol. The number of piperazine rings is 1. The highest BCUT2D eigenvalue weighted by atomic mass is 79.9. The molecule has 29 heavy (non-hydrogen) atoms. The standard InChI is InChI=1S/C20H25BrN4O3S/c1-24-8-10-25(11-9-24)20-17(5-3-7-22-20)13-23-19(26)15-29(27,28)14-16-4-2-6-18(21)12-16/h2-7,12H,8-11,13-15H2,1H3,(H,23,26). The van der Waals surface area contributed by atoms with Gasteiger partial charge in [-0.05, 0) is 30.8 Å². The van der Waals surface area contributed by atoms with E-state index in [1.54, 1.807) is 24.4 Å². The Bertz CT molecular complexity index is 960. The molecule has 1 aliphatic heterocycles. The zero-order chi connectivity index (χ0) is 20.9. The van der Waals surface area contributed by atoms with Crippen molar-refractivity contribution in [3.63, 3.8) is 0 Å². The molecule has 2 heterocycles. The molecule has 1 aromatic heterocycles. The van der Waals surface area contributed by atoms with Gasteiger partial charge >= 0.3 is 0 Å². The van der Waals surface area contributed by atoms with E-state index < -0.39 is 21.5 Å². The van der Waals surface area contributed by atoms with E-state index in [0.717, 1.165) is 42.0 Å². The molecule has 1 saturated heterocycles. The van der Waals surface area contributed by atoms with Crippen LogP contribution in [-0.2, 0) is 26.9 Å². The molecule has 156 valence electrons. The minimum atomic E-state index is -3.56. The van der Waals surface area contributed by atoms with Crippen LogP contribution in [0.15, 0.2) is 47.1 Å². The van der Waals surface area contributed by atoms with Gasteiger partial charge in [-0.25, -0.2) is 13.4 Å². The number of halogens is 1. The van der Waals surface area contributed by atoms with E-state index in [-0.39, 0.29) is 12.3 Å². The fourth-order valence-corrected chi connectivity index (χ4v) is 4.99. The minimum Gasteiger partial charge on any atom is -0.354 e. The van der Waals surface area contributed by atoms with Crippen LogP contribution in [0.1, 0.15) is 11.1 Å². The third kappa shape index (κ3) is 6.52. The van der Waals surface area contributed by atoms with Gasteiger partial charge in [-0.2, -0.15) is 0 Å². The fraction of sp³-hybridized carbons (Fsp3) is 0.400. The highest BCUT2D eigenvalue weighted by Crippen LogP contribution is 2.19. The van der Waals surface area contributed by atoms with Gasteiger partial charge in [0, 0.05) is 49.0 Å². The van der Waals surface area contributed by atoms with Gasteiger partial charge in [0.15, 0.2) is 9.84 Å². The van der Waals surface area contributed by atoms with E-state index in [1.165, 1.54) is 0 Å². The Morgan fingerprint density at radius 3 is 2.66 bits per heavy atom. The summed E-state index contributed by atoms with van der Waals surface area (Å²) in [5.41, 5.74) is 1.53. The maximum absolute atomic E-state index is 12.4. The molecule has 1 N–H and O–H groups in total. The maximum atomic E-state index is 12.4. The Kier molecular flexibility index (Phi) is 7.26. The third-order valence-corrected chi connectivity index (χ3v) is 6.74. The quantitative estimate of drug-likeness (QED) is 0.650. The van der Waals surface area contributed by atoms with Crippen LogP contribution >= 0.6 is 15.9 Å². The molecule has 2 aromatic rings. The lowest BCUT2D eigenvalue weighted by atomic mass is 10.2. The number of rotatable bonds is 7. The van der Waals surface area contributed by atoms with Gasteiger partial charge in [-0.1, -0.05) is 34.1 Å². The number of pyridine rings is 1. The van der Waals surface area contributed by atoms with Gasteiger partial charge in [0.2, 0.25) is 5.91 Å². The summed E-state index contributed by atoms with van der Waals surface area (Å²) in [5.74, 6) is -0.366. The zero-order valence-electron chi connectivity index (χ0n) is 16.3. The first-order chi connectivity index (χ1) is 13.8. The summed E-state index contributed by atoms with van der Waals surface area (Å²) in [7, 11) is -1.47. The average Bonchev–Trinajstić information content (AvgIpc) is 2.66. The molecule has 3 rings (SSSR count). The molecule has 1 fully saturated rings. The smallest absolute Gasteiger partial charge is 0.235 e. The number of hydrogen-bond donors (Lipinski definition) is 1. The fourth-order valence-electron chi connectivity index (χ4n) is 3.25. The molecule has 0 aliphatic carbocycles. The van der Waals surface area contributed by atoms with Gasteiger partial charge in [0.25, 0.3) is 0 Å². The first kappa shape index (κ1) is 21.7. The maximum Gasteiger partial charge on any atom is 0.235 e. The van der Waals surface area contributed by atoms with Crippen molar-refractivity contribution in [2.24, 2.45) is 0 Å². The Morgan fingerprint density at radius 1 is 1.17 bits per heavy atom. The number of nitrogens with one attached hydrogen (secondary N) is 1. The second kappa shape index (κ2) is 9.69. The molecule has 0 unspecified atom stereocenters.